The van der Waals surface area contributed by atoms with Crippen LogP contribution in [0.5, 0.6) is 23.0 Å². The van der Waals surface area contributed by atoms with Gasteiger partial charge in [-0.2, -0.15) is 14.9 Å². The van der Waals surface area contributed by atoms with E-state index in [1.54, 1.807) is 0 Å². The molecule has 0 saturated carbocycles. The minimum Gasteiger partial charge on any atom is -0.454 e. The van der Waals surface area contributed by atoms with Crippen LogP contribution in [0, 0.1) is 20.2 Å². The van der Waals surface area contributed by atoms with Gasteiger partial charge in [0.2, 0.25) is 13.6 Å². The molecule has 1 aromatic heterocycles. The molecule has 3 aromatic rings. The Hall–Kier alpha value is -5.28. The van der Waals surface area contributed by atoms with Crippen molar-refractivity contribution in [2.45, 2.75) is 0 Å². The van der Waals surface area contributed by atoms with Crippen LogP contribution in [0.4, 0.5) is 17.3 Å². The molecule has 2 aliphatic rings. The molecule has 0 radical (unpaired) electrons. The average molecular weight is 468 g/mol. The highest BCUT2D eigenvalue weighted by Gasteiger charge is 2.23. The number of fused-ring (bicyclic) bond motifs is 2. The van der Waals surface area contributed by atoms with Gasteiger partial charge in [0.15, 0.2) is 23.0 Å². The van der Waals surface area contributed by atoms with Crippen molar-refractivity contribution in [1.29, 1.82) is 0 Å². The van der Waals surface area contributed by atoms with Gasteiger partial charge < -0.3 is 18.9 Å². The minimum atomic E-state index is -0.575. The molecule has 0 amide bonds. The standard InChI is InChI=1S/C18H12N8O8/c27-25(28)12-3-16-14(31-8-33-16)1-10(12)5-19-22-18-23-20-7-24(18)21-6-11-2-15-17(34-9-32-15)4-13(11)26(29)30/h1-7H,8-9H2,(H,22,23)/b19-5?,21-6+. The lowest BCUT2D eigenvalue weighted by atomic mass is 10.1. The lowest BCUT2D eigenvalue weighted by Gasteiger charge is -2.02. The number of ether oxygens (including phenoxy) is 4. The van der Waals surface area contributed by atoms with Gasteiger partial charge in [-0.15, -0.1) is 10.2 Å². The predicted octanol–water partition coefficient (Wildman–Crippen LogP) is 1.88. The van der Waals surface area contributed by atoms with Gasteiger partial charge in [0.05, 0.1) is 45.5 Å². The summed E-state index contributed by atoms with van der Waals surface area (Å²) in [6.07, 6.45) is 3.66. The number of hydrazone groups is 1. The summed E-state index contributed by atoms with van der Waals surface area (Å²) in [6, 6.07) is 5.35. The number of nitrogens with one attached hydrogen (secondary N) is 1. The van der Waals surface area contributed by atoms with Crippen molar-refractivity contribution >= 4 is 29.8 Å². The molecule has 2 aliphatic heterocycles. The van der Waals surface area contributed by atoms with Crippen molar-refractivity contribution in [3.8, 4) is 23.0 Å². The number of nitrogens with zero attached hydrogens (tertiary/aromatic N) is 7. The first-order valence-corrected chi connectivity index (χ1v) is 9.39. The number of nitro groups is 2. The second kappa shape index (κ2) is 8.34. The molecule has 16 nitrogen and oxygen atoms in total. The Kier molecular flexibility index (Phi) is 5.05. The summed E-state index contributed by atoms with van der Waals surface area (Å²) in [4.78, 5) is 21.6. The Morgan fingerprint density at radius 3 is 1.97 bits per heavy atom. The van der Waals surface area contributed by atoms with Crippen molar-refractivity contribution in [2.75, 3.05) is 19.0 Å². The summed E-state index contributed by atoms with van der Waals surface area (Å²) in [5.74, 6) is 1.28. The number of anilines is 1. The molecule has 0 aliphatic carbocycles. The highest BCUT2D eigenvalue weighted by Crippen LogP contribution is 2.38. The number of hydrogen-bond donors (Lipinski definition) is 1. The Balaban J connectivity index is 1.37. The van der Waals surface area contributed by atoms with E-state index in [9.17, 15) is 20.2 Å². The Bertz CT molecular complexity index is 1370. The van der Waals surface area contributed by atoms with E-state index in [2.05, 4.69) is 25.8 Å². The third-order valence-electron chi connectivity index (χ3n) is 4.66. The third kappa shape index (κ3) is 3.85. The van der Waals surface area contributed by atoms with E-state index in [-0.39, 0.29) is 53.5 Å². The van der Waals surface area contributed by atoms with Gasteiger partial charge in [-0.05, 0) is 12.1 Å². The maximum atomic E-state index is 11.4. The molecular formula is C18H12N8O8. The van der Waals surface area contributed by atoms with E-state index in [0.29, 0.717) is 11.5 Å². The minimum absolute atomic E-state index is 0.0338. The summed E-state index contributed by atoms with van der Waals surface area (Å²) in [6.45, 7) is -0.0693. The van der Waals surface area contributed by atoms with E-state index in [4.69, 9.17) is 18.9 Å². The van der Waals surface area contributed by atoms with Gasteiger partial charge in [-0.3, -0.25) is 20.2 Å². The SMILES string of the molecule is O=[N+]([O-])c1cc2c(cc1C=NNc1nncn1/N=C/c1cc3c(cc1[N+](=O)[O-])OCO3)OCO2. The summed E-state index contributed by atoms with van der Waals surface area (Å²) in [7, 11) is 0. The molecule has 34 heavy (non-hydrogen) atoms. The zero-order chi connectivity index (χ0) is 23.7. The molecular weight excluding hydrogens is 456 g/mol. The van der Waals surface area contributed by atoms with Crippen LogP contribution >= 0.6 is 0 Å². The highest BCUT2D eigenvalue weighted by molar-refractivity contribution is 5.88. The van der Waals surface area contributed by atoms with Gasteiger partial charge in [0.25, 0.3) is 17.3 Å². The zero-order valence-corrected chi connectivity index (χ0v) is 16.9. The fourth-order valence-electron chi connectivity index (χ4n) is 3.09. The van der Waals surface area contributed by atoms with Gasteiger partial charge in [0.1, 0.15) is 6.33 Å². The smallest absolute Gasteiger partial charge is 0.282 e. The highest BCUT2D eigenvalue weighted by atomic mass is 16.7. The van der Waals surface area contributed by atoms with Gasteiger partial charge in [-0.25, -0.2) is 5.43 Å². The molecule has 1 N–H and O–H groups in total. The number of aromatic nitrogens is 3. The van der Waals surface area contributed by atoms with Gasteiger partial charge in [-0.1, -0.05) is 0 Å². The summed E-state index contributed by atoms with van der Waals surface area (Å²) in [5.41, 5.74) is 2.42. The molecule has 172 valence electrons. The number of benzene rings is 2. The lowest BCUT2D eigenvalue weighted by molar-refractivity contribution is -0.385. The fourth-order valence-corrected chi connectivity index (χ4v) is 3.09. The molecule has 2 aromatic carbocycles. The molecule has 0 fully saturated rings. The molecule has 5 rings (SSSR count). The van der Waals surface area contributed by atoms with Crippen LogP contribution in [0.15, 0.2) is 40.8 Å². The van der Waals surface area contributed by atoms with Crippen molar-refractivity contribution in [2.24, 2.45) is 10.2 Å². The van der Waals surface area contributed by atoms with E-state index in [0.717, 1.165) is 0 Å². The largest absolute Gasteiger partial charge is 0.454 e. The summed E-state index contributed by atoms with van der Waals surface area (Å²) in [5, 5.41) is 38.3. The van der Waals surface area contributed by atoms with Crippen molar-refractivity contribution in [3.05, 3.63) is 61.9 Å². The van der Waals surface area contributed by atoms with Crippen LogP contribution in [0.25, 0.3) is 0 Å². The Morgan fingerprint density at radius 1 is 0.882 bits per heavy atom. The average Bonchev–Trinajstić information content (AvgIpc) is 3.56. The molecule has 0 bridgehead atoms. The normalized spacial score (nSPS) is 13.6. The molecule has 0 unspecified atom stereocenters. The Labute approximate surface area is 188 Å². The first kappa shape index (κ1) is 20.6. The molecule has 0 spiro atoms. The maximum absolute atomic E-state index is 11.4. The third-order valence-corrected chi connectivity index (χ3v) is 4.66. The topological polar surface area (TPSA) is 191 Å². The van der Waals surface area contributed by atoms with E-state index >= 15 is 0 Å². The zero-order valence-electron chi connectivity index (χ0n) is 16.9. The van der Waals surface area contributed by atoms with Crippen molar-refractivity contribution < 1.29 is 28.8 Å². The fraction of sp³-hybridized carbons (Fsp3) is 0.111. The summed E-state index contributed by atoms with van der Waals surface area (Å²) >= 11 is 0. The van der Waals surface area contributed by atoms with Crippen LogP contribution in [0.1, 0.15) is 11.1 Å². The van der Waals surface area contributed by atoms with E-state index in [1.807, 2.05) is 0 Å². The van der Waals surface area contributed by atoms with E-state index < -0.39 is 9.85 Å². The monoisotopic (exact) mass is 468 g/mol. The number of hydrogen-bond acceptors (Lipinski definition) is 13. The lowest BCUT2D eigenvalue weighted by Crippen LogP contribution is -2.01. The number of nitro benzene ring substituents is 2. The van der Waals surface area contributed by atoms with Crippen molar-refractivity contribution in [3.63, 3.8) is 0 Å². The molecule has 0 atom stereocenters. The second-order valence-corrected chi connectivity index (χ2v) is 6.66. The van der Waals surface area contributed by atoms with Crippen LogP contribution in [0.2, 0.25) is 0 Å². The van der Waals surface area contributed by atoms with E-state index in [1.165, 1.54) is 47.7 Å². The maximum Gasteiger partial charge on any atom is 0.282 e. The summed E-state index contributed by atoms with van der Waals surface area (Å²) < 4.78 is 22.0. The molecule has 3 heterocycles. The second-order valence-electron chi connectivity index (χ2n) is 6.66. The van der Waals surface area contributed by atoms with Gasteiger partial charge >= 0.3 is 0 Å². The quantitative estimate of drug-likeness (QED) is 0.302. The van der Waals surface area contributed by atoms with Crippen LogP contribution in [-0.2, 0) is 0 Å². The number of rotatable bonds is 7. The van der Waals surface area contributed by atoms with Crippen molar-refractivity contribution in [1.82, 2.24) is 14.9 Å². The first-order valence-electron chi connectivity index (χ1n) is 9.39. The van der Waals surface area contributed by atoms with Crippen LogP contribution < -0.4 is 24.4 Å². The van der Waals surface area contributed by atoms with Crippen LogP contribution in [0.3, 0.4) is 0 Å². The predicted molar refractivity (Wildman–Crippen MR) is 113 cm³/mol. The van der Waals surface area contributed by atoms with Gasteiger partial charge in [0, 0.05) is 0 Å². The molecule has 16 heteroatoms. The first-order chi connectivity index (χ1) is 16.5. The van der Waals surface area contributed by atoms with Crippen LogP contribution in [-0.4, -0.2) is 50.7 Å². The molecule has 0 saturated heterocycles. The Morgan fingerprint density at radius 2 is 1.41 bits per heavy atom.